The number of rotatable bonds is 8. The summed E-state index contributed by atoms with van der Waals surface area (Å²) in [4.78, 5) is 12.0. The zero-order valence-electron chi connectivity index (χ0n) is 14.1. The summed E-state index contributed by atoms with van der Waals surface area (Å²) in [6.45, 7) is 7.89. The molecule has 1 rings (SSSR count). The van der Waals surface area contributed by atoms with Gasteiger partial charge in [-0.3, -0.25) is 0 Å². The number of hydrogen-bond acceptors (Lipinski definition) is 4. The second-order valence-corrected chi connectivity index (χ2v) is 6.39. The molecule has 124 valence electrons. The Labute approximate surface area is 133 Å². The van der Waals surface area contributed by atoms with Crippen LogP contribution in [0.15, 0.2) is 12.1 Å². The first kappa shape index (κ1) is 18.5. The fourth-order valence-electron chi connectivity index (χ4n) is 2.59. The third kappa shape index (κ3) is 4.73. The van der Waals surface area contributed by atoms with Crippen molar-refractivity contribution < 1.29 is 19.7 Å². The molecule has 0 fully saturated rings. The lowest BCUT2D eigenvalue weighted by atomic mass is 9.78. The highest BCUT2D eigenvalue weighted by atomic mass is 16.5. The first-order chi connectivity index (χ1) is 10.3. The van der Waals surface area contributed by atoms with Crippen molar-refractivity contribution in [2.24, 2.45) is 0 Å². The third-order valence-electron chi connectivity index (χ3n) is 4.00. The molecule has 1 aromatic rings. The van der Waals surface area contributed by atoms with E-state index in [1.165, 1.54) is 0 Å². The number of unbranched alkanes of at least 4 members (excludes halogenated alkanes) is 2. The largest absolute Gasteiger partial charge is 0.507 e. The topological polar surface area (TPSA) is 66.8 Å². The molecule has 0 heterocycles. The number of esters is 1. The average molecular weight is 308 g/mol. The van der Waals surface area contributed by atoms with Crippen molar-refractivity contribution in [2.75, 3.05) is 13.2 Å². The van der Waals surface area contributed by atoms with Gasteiger partial charge in [0.2, 0.25) is 0 Å². The van der Waals surface area contributed by atoms with Crippen LogP contribution in [0, 0.1) is 6.92 Å². The number of carbonyl (C=O) groups is 1. The van der Waals surface area contributed by atoms with Crippen molar-refractivity contribution in [2.45, 2.75) is 58.8 Å². The maximum absolute atomic E-state index is 12.0. The smallest absolute Gasteiger partial charge is 0.338 e. The van der Waals surface area contributed by atoms with Gasteiger partial charge < -0.3 is 14.9 Å². The Balaban J connectivity index is 3.07. The van der Waals surface area contributed by atoms with Crippen LogP contribution in [-0.2, 0) is 10.2 Å². The van der Waals surface area contributed by atoms with Crippen LogP contribution in [0.2, 0.25) is 0 Å². The second kappa shape index (κ2) is 8.18. The van der Waals surface area contributed by atoms with Gasteiger partial charge in [-0.15, -0.1) is 0 Å². The maximum Gasteiger partial charge on any atom is 0.338 e. The molecule has 0 amide bonds. The van der Waals surface area contributed by atoms with E-state index in [4.69, 9.17) is 9.84 Å². The van der Waals surface area contributed by atoms with Crippen LogP contribution in [0.25, 0.3) is 0 Å². The van der Waals surface area contributed by atoms with Gasteiger partial charge in [0.15, 0.2) is 0 Å². The van der Waals surface area contributed by atoms with E-state index in [1.54, 1.807) is 19.1 Å². The molecule has 4 nitrogen and oxygen atoms in total. The summed E-state index contributed by atoms with van der Waals surface area (Å²) >= 11 is 0. The van der Waals surface area contributed by atoms with Gasteiger partial charge in [-0.1, -0.05) is 40.0 Å². The fourth-order valence-corrected chi connectivity index (χ4v) is 2.59. The van der Waals surface area contributed by atoms with E-state index in [9.17, 15) is 9.90 Å². The summed E-state index contributed by atoms with van der Waals surface area (Å²) in [6.07, 6.45) is 4.33. The molecule has 2 N–H and O–H groups in total. The molecule has 22 heavy (non-hydrogen) atoms. The van der Waals surface area contributed by atoms with Crippen LogP contribution in [0.1, 0.15) is 67.9 Å². The lowest BCUT2D eigenvalue weighted by Crippen LogP contribution is -2.19. The Morgan fingerprint density at radius 3 is 2.55 bits per heavy atom. The van der Waals surface area contributed by atoms with E-state index in [0.717, 1.165) is 31.2 Å². The van der Waals surface area contributed by atoms with Gasteiger partial charge in [-0.05, 0) is 36.5 Å². The number of phenolic OH excluding ortho intramolecular Hbond substituents is 1. The van der Waals surface area contributed by atoms with E-state index < -0.39 is 5.97 Å². The zero-order valence-corrected chi connectivity index (χ0v) is 14.1. The summed E-state index contributed by atoms with van der Waals surface area (Å²) in [6, 6.07) is 3.34. The van der Waals surface area contributed by atoms with Crippen molar-refractivity contribution in [3.63, 3.8) is 0 Å². The van der Waals surface area contributed by atoms with Gasteiger partial charge in [-0.2, -0.15) is 0 Å². The SMILES string of the molecule is CCCCCC(C)(C)c1cc(C(=O)OCCO)cc(C)c1O. The molecule has 0 aliphatic heterocycles. The summed E-state index contributed by atoms with van der Waals surface area (Å²) in [7, 11) is 0. The number of aromatic hydroxyl groups is 1. The standard InChI is InChI=1S/C18H28O4/c1-5-6-7-8-18(3,4)15-12-14(11-13(2)16(15)20)17(21)22-10-9-19/h11-12,19-20H,5-10H2,1-4H3. The van der Waals surface area contributed by atoms with E-state index in [-0.39, 0.29) is 24.4 Å². The average Bonchev–Trinajstić information content (AvgIpc) is 2.47. The molecular formula is C18H28O4. The van der Waals surface area contributed by atoms with E-state index >= 15 is 0 Å². The quantitative estimate of drug-likeness (QED) is 0.567. The number of phenols is 1. The van der Waals surface area contributed by atoms with Crippen LogP contribution in [-0.4, -0.2) is 29.4 Å². The normalized spacial score (nSPS) is 11.5. The first-order valence-electron chi connectivity index (χ1n) is 7.95. The molecule has 0 aliphatic carbocycles. The van der Waals surface area contributed by atoms with Gasteiger partial charge in [-0.25, -0.2) is 4.79 Å². The molecular weight excluding hydrogens is 280 g/mol. The van der Waals surface area contributed by atoms with E-state index in [0.29, 0.717) is 11.1 Å². The number of aryl methyl sites for hydroxylation is 1. The van der Waals surface area contributed by atoms with Gasteiger partial charge in [0.05, 0.1) is 12.2 Å². The Hall–Kier alpha value is -1.55. The molecule has 1 aromatic carbocycles. The molecule has 0 saturated heterocycles. The highest BCUT2D eigenvalue weighted by Crippen LogP contribution is 2.37. The number of hydrogen-bond donors (Lipinski definition) is 2. The summed E-state index contributed by atoms with van der Waals surface area (Å²) < 4.78 is 4.97. The van der Waals surface area contributed by atoms with Crippen LogP contribution >= 0.6 is 0 Å². The van der Waals surface area contributed by atoms with Crippen LogP contribution in [0.5, 0.6) is 5.75 Å². The minimum Gasteiger partial charge on any atom is -0.507 e. The van der Waals surface area contributed by atoms with Crippen molar-refractivity contribution in [3.8, 4) is 5.75 Å². The molecule has 0 radical (unpaired) electrons. The second-order valence-electron chi connectivity index (χ2n) is 6.39. The molecule has 0 unspecified atom stereocenters. The Morgan fingerprint density at radius 2 is 1.95 bits per heavy atom. The van der Waals surface area contributed by atoms with Crippen LogP contribution in [0.4, 0.5) is 0 Å². The Bertz CT molecular complexity index is 506. The van der Waals surface area contributed by atoms with Crippen LogP contribution < -0.4 is 0 Å². The monoisotopic (exact) mass is 308 g/mol. The van der Waals surface area contributed by atoms with Gasteiger partial charge in [0.25, 0.3) is 0 Å². The molecule has 0 aromatic heterocycles. The zero-order chi connectivity index (χ0) is 16.8. The molecule has 0 bridgehead atoms. The highest BCUT2D eigenvalue weighted by molar-refractivity contribution is 5.90. The lowest BCUT2D eigenvalue weighted by Gasteiger charge is -2.27. The number of ether oxygens (including phenoxy) is 1. The summed E-state index contributed by atoms with van der Waals surface area (Å²) in [5, 5.41) is 19.1. The fraction of sp³-hybridized carbons (Fsp3) is 0.611. The Morgan fingerprint density at radius 1 is 1.27 bits per heavy atom. The number of aliphatic hydroxyl groups is 1. The highest BCUT2D eigenvalue weighted by Gasteiger charge is 2.26. The van der Waals surface area contributed by atoms with Gasteiger partial charge >= 0.3 is 5.97 Å². The molecule has 0 aliphatic rings. The predicted octanol–water partition coefficient (Wildman–Crippen LogP) is 3.71. The Kier molecular flexibility index (Phi) is 6.88. The van der Waals surface area contributed by atoms with Crippen molar-refractivity contribution in [1.29, 1.82) is 0 Å². The van der Waals surface area contributed by atoms with E-state index in [2.05, 4.69) is 20.8 Å². The maximum atomic E-state index is 12.0. The van der Waals surface area contributed by atoms with Crippen molar-refractivity contribution >= 4 is 5.97 Å². The minimum atomic E-state index is -0.470. The number of aliphatic hydroxyl groups excluding tert-OH is 1. The van der Waals surface area contributed by atoms with Crippen molar-refractivity contribution in [3.05, 3.63) is 28.8 Å². The number of carbonyl (C=O) groups excluding carboxylic acids is 1. The predicted molar refractivity (Wildman–Crippen MR) is 87.4 cm³/mol. The molecule has 0 saturated carbocycles. The summed E-state index contributed by atoms with van der Waals surface area (Å²) in [5.41, 5.74) is 1.65. The minimum absolute atomic E-state index is 0.0199. The van der Waals surface area contributed by atoms with Gasteiger partial charge in [0, 0.05) is 5.56 Å². The number of benzene rings is 1. The van der Waals surface area contributed by atoms with Gasteiger partial charge in [0.1, 0.15) is 12.4 Å². The summed E-state index contributed by atoms with van der Waals surface area (Å²) in [5.74, 6) is -0.219. The lowest BCUT2D eigenvalue weighted by molar-refractivity contribution is 0.0433. The van der Waals surface area contributed by atoms with E-state index in [1.807, 2.05) is 0 Å². The molecule has 0 atom stereocenters. The van der Waals surface area contributed by atoms with Crippen molar-refractivity contribution in [1.82, 2.24) is 0 Å². The molecule has 4 heteroatoms. The first-order valence-corrected chi connectivity index (χ1v) is 7.95. The third-order valence-corrected chi connectivity index (χ3v) is 4.00. The molecule has 0 spiro atoms. The van der Waals surface area contributed by atoms with Crippen LogP contribution in [0.3, 0.4) is 0 Å².